The highest BCUT2D eigenvalue weighted by atomic mass is 32.1. The maximum Gasteiger partial charge on any atom is 0.327 e. The maximum atomic E-state index is 13.4. The van der Waals surface area contributed by atoms with Crippen LogP contribution in [0, 0.1) is 13.8 Å². The van der Waals surface area contributed by atoms with Crippen LogP contribution in [0.5, 0.6) is 5.75 Å². The van der Waals surface area contributed by atoms with Crippen LogP contribution in [-0.2, 0) is 14.4 Å². The Morgan fingerprint density at radius 3 is 2.61 bits per heavy atom. The van der Waals surface area contributed by atoms with Crippen LogP contribution >= 0.6 is 11.3 Å². The van der Waals surface area contributed by atoms with Crippen molar-refractivity contribution in [2.75, 3.05) is 52.9 Å². The second-order valence-electron chi connectivity index (χ2n) is 10.7. The Balaban J connectivity index is 1.37. The van der Waals surface area contributed by atoms with Gasteiger partial charge in [-0.15, -0.1) is 11.3 Å². The standard InChI is InChI=1S/C28H34N6O6S/c1-17-26(41-18(2)29-17)27(38)32-9-4-5-10-40-20-8-6-7-19(11-20)21-12-33(13-22(21)30-23(35)14-32)24(36)16-34-25(37)15-31(3)28(34)39/h6-8,11,21-22H,4-5,9-10,12-16H2,1-3H3,(H,30,35)/t21-,22+/m1/s1. The molecule has 218 valence electrons. The number of aromatic nitrogens is 1. The van der Waals surface area contributed by atoms with E-state index in [1.54, 1.807) is 16.7 Å². The van der Waals surface area contributed by atoms with Gasteiger partial charge in [0.15, 0.2) is 0 Å². The predicted molar refractivity (Wildman–Crippen MR) is 150 cm³/mol. The number of hydrogen-bond donors (Lipinski definition) is 1. The van der Waals surface area contributed by atoms with Crippen LogP contribution in [0.4, 0.5) is 4.79 Å². The number of benzene rings is 1. The molecule has 1 aromatic heterocycles. The summed E-state index contributed by atoms with van der Waals surface area (Å²) in [6.07, 6.45) is 1.36. The number of amides is 6. The van der Waals surface area contributed by atoms with E-state index >= 15 is 0 Å². The molecule has 2 fully saturated rings. The molecular formula is C28H34N6O6S. The molecule has 0 radical (unpaired) electrons. The molecule has 13 heteroatoms. The Morgan fingerprint density at radius 2 is 1.90 bits per heavy atom. The lowest BCUT2D eigenvalue weighted by atomic mass is 9.94. The van der Waals surface area contributed by atoms with Crippen LogP contribution < -0.4 is 10.1 Å². The van der Waals surface area contributed by atoms with Gasteiger partial charge in [-0.2, -0.15) is 0 Å². The first-order chi connectivity index (χ1) is 19.6. The van der Waals surface area contributed by atoms with Crippen molar-refractivity contribution in [2.45, 2.75) is 38.6 Å². The van der Waals surface area contributed by atoms with E-state index in [0.717, 1.165) is 15.5 Å². The number of carbonyl (C=O) groups is 5. The molecule has 0 saturated carbocycles. The van der Waals surface area contributed by atoms with Crippen molar-refractivity contribution < 1.29 is 28.7 Å². The maximum absolute atomic E-state index is 13.4. The third kappa shape index (κ3) is 6.19. The van der Waals surface area contributed by atoms with Crippen LogP contribution in [0.2, 0.25) is 0 Å². The van der Waals surface area contributed by atoms with Crippen molar-refractivity contribution in [3.63, 3.8) is 0 Å². The monoisotopic (exact) mass is 582 g/mol. The smallest absolute Gasteiger partial charge is 0.327 e. The molecule has 2 bridgehead atoms. The van der Waals surface area contributed by atoms with E-state index in [9.17, 15) is 24.0 Å². The zero-order valence-corrected chi connectivity index (χ0v) is 24.2. The molecule has 0 unspecified atom stereocenters. The summed E-state index contributed by atoms with van der Waals surface area (Å²) in [6.45, 7) is 4.43. The largest absolute Gasteiger partial charge is 0.494 e. The summed E-state index contributed by atoms with van der Waals surface area (Å²) in [5, 5.41) is 3.85. The van der Waals surface area contributed by atoms with Crippen LogP contribution in [0.15, 0.2) is 24.3 Å². The van der Waals surface area contributed by atoms with Gasteiger partial charge >= 0.3 is 6.03 Å². The minimum atomic E-state index is -0.504. The predicted octanol–water partition coefficient (Wildman–Crippen LogP) is 1.38. The normalized spacial score (nSPS) is 21.9. The van der Waals surface area contributed by atoms with Crippen LogP contribution in [-0.4, -0.2) is 113 Å². The molecule has 1 aromatic carbocycles. The van der Waals surface area contributed by atoms with Crippen molar-refractivity contribution in [1.29, 1.82) is 0 Å². The zero-order valence-electron chi connectivity index (χ0n) is 23.4. The van der Waals surface area contributed by atoms with Crippen molar-refractivity contribution in [1.82, 2.24) is 29.9 Å². The average Bonchev–Trinajstić information content (AvgIpc) is 3.58. The van der Waals surface area contributed by atoms with Gasteiger partial charge < -0.3 is 24.8 Å². The second kappa shape index (κ2) is 11.9. The van der Waals surface area contributed by atoms with E-state index in [1.807, 2.05) is 31.2 Å². The van der Waals surface area contributed by atoms with Crippen molar-refractivity contribution in [3.05, 3.63) is 45.4 Å². The van der Waals surface area contributed by atoms with Gasteiger partial charge in [0.1, 0.15) is 23.7 Å². The molecular weight excluding hydrogens is 548 g/mol. The Kier molecular flexibility index (Phi) is 8.25. The first kappa shape index (κ1) is 28.5. The minimum Gasteiger partial charge on any atom is -0.494 e. The summed E-state index contributed by atoms with van der Waals surface area (Å²) < 4.78 is 5.99. The number of carbonyl (C=O) groups excluding carboxylic acids is 5. The molecule has 41 heavy (non-hydrogen) atoms. The van der Waals surface area contributed by atoms with Crippen molar-refractivity contribution >= 4 is 41.0 Å². The summed E-state index contributed by atoms with van der Waals surface area (Å²) in [5.41, 5.74) is 1.54. The van der Waals surface area contributed by atoms with Gasteiger partial charge in [-0.25, -0.2) is 9.78 Å². The van der Waals surface area contributed by atoms with E-state index in [-0.39, 0.29) is 49.8 Å². The summed E-state index contributed by atoms with van der Waals surface area (Å²) in [6, 6.07) is 6.67. The van der Waals surface area contributed by atoms with E-state index in [2.05, 4.69) is 10.3 Å². The highest BCUT2D eigenvalue weighted by molar-refractivity contribution is 7.13. The number of likely N-dealkylation sites (tertiary alicyclic amines) is 1. The minimum absolute atomic E-state index is 0.0595. The van der Waals surface area contributed by atoms with Gasteiger partial charge in [0.05, 0.1) is 29.9 Å². The lowest BCUT2D eigenvalue weighted by Crippen LogP contribution is -2.47. The number of rotatable bonds is 3. The van der Waals surface area contributed by atoms with E-state index in [4.69, 9.17) is 4.74 Å². The summed E-state index contributed by atoms with van der Waals surface area (Å²) >= 11 is 1.32. The molecule has 12 nitrogen and oxygen atoms in total. The molecule has 0 spiro atoms. The molecule has 4 heterocycles. The number of imide groups is 1. The Morgan fingerprint density at radius 1 is 1.10 bits per heavy atom. The molecule has 6 amide bonds. The Labute approximate surface area is 242 Å². The fraction of sp³-hybridized carbons (Fsp3) is 0.500. The number of hydrogen-bond acceptors (Lipinski definition) is 8. The Hall–Kier alpha value is -4.00. The second-order valence-corrected chi connectivity index (χ2v) is 11.9. The lowest BCUT2D eigenvalue weighted by Gasteiger charge is -2.25. The van der Waals surface area contributed by atoms with E-state index in [0.29, 0.717) is 48.9 Å². The lowest BCUT2D eigenvalue weighted by molar-refractivity contribution is -0.135. The van der Waals surface area contributed by atoms with E-state index < -0.39 is 18.0 Å². The number of ether oxygens (including phenoxy) is 1. The van der Waals surface area contributed by atoms with Gasteiger partial charge in [-0.3, -0.25) is 24.1 Å². The van der Waals surface area contributed by atoms with Gasteiger partial charge in [0, 0.05) is 32.6 Å². The number of nitrogens with zero attached hydrogens (tertiary/aromatic N) is 5. The third-order valence-electron chi connectivity index (χ3n) is 7.64. The number of aryl methyl sites for hydroxylation is 2. The number of likely N-dealkylation sites (N-methyl/N-ethyl adjacent to an activating group) is 1. The van der Waals surface area contributed by atoms with Crippen LogP contribution in [0.1, 0.15) is 44.7 Å². The highest BCUT2D eigenvalue weighted by Gasteiger charge is 2.41. The van der Waals surface area contributed by atoms with Crippen molar-refractivity contribution in [3.8, 4) is 5.75 Å². The topological polar surface area (TPSA) is 132 Å². The quantitative estimate of drug-likeness (QED) is 0.541. The molecule has 3 aliphatic rings. The molecule has 0 aliphatic carbocycles. The van der Waals surface area contributed by atoms with E-state index in [1.165, 1.54) is 23.3 Å². The molecule has 2 aromatic rings. The zero-order chi connectivity index (χ0) is 29.3. The summed E-state index contributed by atoms with van der Waals surface area (Å²) in [5.74, 6) is -0.907. The molecule has 3 aliphatic heterocycles. The number of nitrogens with one attached hydrogen (secondary N) is 1. The van der Waals surface area contributed by atoms with Crippen LogP contribution in [0.25, 0.3) is 0 Å². The van der Waals surface area contributed by atoms with Gasteiger partial charge in [-0.05, 0) is 44.4 Å². The third-order valence-corrected chi connectivity index (χ3v) is 8.70. The van der Waals surface area contributed by atoms with Gasteiger partial charge in [-0.1, -0.05) is 12.1 Å². The highest BCUT2D eigenvalue weighted by Crippen LogP contribution is 2.31. The molecule has 2 saturated heterocycles. The molecule has 1 N–H and O–H groups in total. The average molecular weight is 583 g/mol. The summed E-state index contributed by atoms with van der Waals surface area (Å²) in [4.78, 5) is 74.9. The van der Waals surface area contributed by atoms with Crippen LogP contribution in [0.3, 0.4) is 0 Å². The SMILES string of the molecule is Cc1nc(C)c(C(=O)N2CCCCOc3cccc(c3)[C@H]3CN(C(=O)CN4C(=O)CN(C)C4=O)C[C@@H]3NC(=O)C2)s1. The first-order valence-electron chi connectivity index (χ1n) is 13.7. The fourth-order valence-electron chi connectivity index (χ4n) is 5.53. The number of fused-ring (bicyclic) bond motifs is 4. The molecule has 5 rings (SSSR count). The first-order valence-corrected chi connectivity index (χ1v) is 14.5. The number of thiazole rings is 1. The van der Waals surface area contributed by atoms with Gasteiger partial charge in [0.25, 0.3) is 11.8 Å². The number of urea groups is 1. The van der Waals surface area contributed by atoms with Crippen molar-refractivity contribution in [2.24, 2.45) is 0 Å². The van der Waals surface area contributed by atoms with Gasteiger partial charge in [0.2, 0.25) is 11.8 Å². The fourth-order valence-corrected chi connectivity index (χ4v) is 6.42. The molecule has 2 atom stereocenters. The Bertz CT molecular complexity index is 1380. The summed E-state index contributed by atoms with van der Waals surface area (Å²) in [7, 11) is 1.51.